The largest absolute Gasteiger partial charge is 0.490 e. The van der Waals surface area contributed by atoms with Crippen LogP contribution in [0.15, 0.2) is 34.8 Å². The molecule has 2 aromatic rings. The van der Waals surface area contributed by atoms with Crippen LogP contribution in [0.3, 0.4) is 0 Å². The number of rotatable bonds is 8. The highest BCUT2D eigenvalue weighted by Crippen LogP contribution is 2.34. The third kappa shape index (κ3) is 5.58. The minimum absolute atomic E-state index is 0.0215. The number of ether oxygens (including phenoxy) is 2. The van der Waals surface area contributed by atoms with Gasteiger partial charge in [0.1, 0.15) is 0 Å². The fourth-order valence-corrected chi connectivity index (χ4v) is 4.21. The molecule has 7 heteroatoms. The van der Waals surface area contributed by atoms with E-state index in [0.717, 1.165) is 41.5 Å². The number of hydrogen-bond acceptors (Lipinski definition) is 4. The van der Waals surface area contributed by atoms with Gasteiger partial charge in [-0.1, -0.05) is 28.1 Å². The standard InChI is InChI=1S/C24H29BrN2O4/c1-4-30-20-13-17(18(25)15-21(20)31-5-2)14-22(28)26-19-10-8-9-16(3)23(19)24(29)27-11-6-7-12-27/h8-10,13,15H,4-7,11-12,14H2,1-3H3,(H,26,28). The van der Waals surface area contributed by atoms with Crippen LogP contribution in [-0.2, 0) is 11.2 Å². The lowest BCUT2D eigenvalue weighted by Crippen LogP contribution is -2.29. The van der Waals surface area contributed by atoms with Crippen LogP contribution in [0.25, 0.3) is 0 Å². The van der Waals surface area contributed by atoms with E-state index in [4.69, 9.17) is 9.47 Å². The van der Waals surface area contributed by atoms with Crippen LogP contribution in [0.1, 0.15) is 48.2 Å². The summed E-state index contributed by atoms with van der Waals surface area (Å²) in [6.07, 6.45) is 2.18. The smallest absolute Gasteiger partial charge is 0.256 e. The fourth-order valence-electron chi connectivity index (χ4n) is 3.75. The monoisotopic (exact) mass is 488 g/mol. The molecule has 1 aliphatic heterocycles. The van der Waals surface area contributed by atoms with Gasteiger partial charge in [0.15, 0.2) is 11.5 Å². The molecule has 1 saturated heterocycles. The summed E-state index contributed by atoms with van der Waals surface area (Å²) in [5.74, 6) is 1.02. The number of anilines is 1. The highest BCUT2D eigenvalue weighted by molar-refractivity contribution is 9.10. The Labute approximate surface area is 192 Å². The van der Waals surface area contributed by atoms with Gasteiger partial charge in [-0.2, -0.15) is 0 Å². The van der Waals surface area contributed by atoms with Crippen molar-refractivity contribution in [3.05, 3.63) is 51.5 Å². The Balaban J connectivity index is 1.81. The number of carbonyl (C=O) groups is 2. The zero-order valence-corrected chi connectivity index (χ0v) is 19.9. The first kappa shape index (κ1) is 23.1. The van der Waals surface area contributed by atoms with E-state index >= 15 is 0 Å². The maximum atomic E-state index is 13.0. The average Bonchev–Trinajstić information content (AvgIpc) is 3.26. The number of nitrogens with zero attached hydrogens (tertiary/aromatic N) is 1. The summed E-state index contributed by atoms with van der Waals surface area (Å²) < 4.78 is 12.1. The van der Waals surface area contributed by atoms with Crippen molar-refractivity contribution in [2.45, 2.75) is 40.0 Å². The van der Waals surface area contributed by atoms with Gasteiger partial charge in [0, 0.05) is 17.6 Å². The van der Waals surface area contributed by atoms with Gasteiger partial charge < -0.3 is 19.7 Å². The molecule has 2 aromatic carbocycles. The maximum Gasteiger partial charge on any atom is 0.256 e. The quantitative estimate of drug-likeness (QED) is 0.569. The molecule has 3 rings (SSSR count). The average molecular weight is 489 g/mol. The summed E-state index contributed by atoms with van der Waals surface area (Å²) in [5.41, 5.74) is 2.76. The summed E-state index contributed by atoms with van der Waals surface area (Å²) >= 11 is 3.53. The molecule has 0 radical (unpaired) electrons. The highest BCUT2D eigenvalue weighted by atomic mass is 79.9. The van der Waals surface area contributed by atoms with Crippen molar-refractivity contribution in [2.75, 3.05) is 31.6 Å². The fraction of sp³-hybridized carbons (Fsp3) is 0.417. The van der Waals surface area contributed by atoms with Gasteiger partial charge in [-0.3, -0.25) is 9.59 Å². The normalized spacial score (nSPS) is 13.2. The molecule has 0 aliphatic carbocycles. The van der Waals surface area contributed by atoms with Crippen molar-refractivity contribution in [1.29, 1.82) is 0 Å². The second kappa shape index (κ2) is 10.7. The van der Waals surface area contributed by atoms with Gasteiger partial charge in [-0.05, 0) is 62.9 Å². The Bertz CT molecular complexity index is 955. The van der Waals surface area contributed by atoms with E-state index in [1.54, 1.807) is 6.07 Å². The summed E-state index contributed by atoms with van der Waals surface area (Å²) in [6, 6.07) is 9.19. The number of amides is 2. The Hall–Kier alpha value is -2.54. The van der Waals surface area contributed by atoms with Crippen molar-refractivity contribution in [3.63, 3.8) is 0 Å². The maximum absolute atomic E-state index is 13.0. The van der Waals surface area contributed by atoms with Gasteiger partial charge in [0.05, 0.1) is 30.9 Å². The Morgan fingerprint density at radius 3 is 2.35 bits per heavy atom. The van der Waals surface area contributed by atoms with Crippen LogP contribution in [0.4, 0.5) is 5.69 Å². The molecule has 1 fully saturated rings. The predicted octanol–water partition coefficient (Wildman–Crippen LogP) is 4.97. The molecule has 0 atom stereocenters. The van der Waals surface area contributed by atoms with Crippen LogP contribution in [-0.4, -0.2) is 43.0 Å². The second-order valence-electron chi connectivity index (χ2n) is 7.48. The van der Waals surface area contributed by atoms with Crippen molar-refractivity contribution in [2.24, 2.45) is 0 Å². The van der Waals surface area contributed by atoms with Crippen LogP contribution in [0.2, 0.25) is 0 Å². The lowest BCUT2D eigenvalue weighted by molar-refractivity contribution is -0.115. The zero-order valence-electron chi connectivity index (χ0n) is 18.3. The molecular weight excluding hydrogens is 460 g/mol. The summed E-state index contributed by atoms with van der Waals surface area (Å²) in [5, 5.41) is 2.94. The molecule has 2 amide bonds. The van der Waals surface area contributed by atoms with Gasteiger partial charge in [0.25, 0.3) is 5.91 Å². The number of aryl methyl sites for hydroxylation is 1. The number of likely N-dealkylation sites (tertiary alicyclic amines) is 1. The third-order valence-electron chi connectivity index (χ3n) is 5.22. The topological polar surface area (TPSA) is 67.9 Å². The molecule has 1 N–H and O–H groups in total. The van der Waals surface area contributed by atoms with E-state index in [9.17, 15) is 9.59 Å². The molecule has 0 bridgehead atoms. The molecule has 1 heterocycles. The van der Waals surface area contributed by atoms with E-state index in [-0.39, 0.29) is 18.2 Å². The first-order valence-electron chi connectivity index (χ1n) is 10.7. The molecule has 0 saturated carbocycles. The summed E-state index contributed by atoms with van der Waals surface area (Å²) in [6.45, 7) is 8.26. The van der Waals surface area contributed by atoms with Crippen molar-refractivity contribution in [1.82, 2.24) is 4.90 Å². The lowest BCUT2D eigenvalue weighted by atomic mass is 10.0. The van der Waals surface area contributed by atoms with Gasteiger partial charge in [-0.25, -0.2) is 0 Å². The Kier molecular flexibility index (Phi) is 7.96. The van der Waals surface area contributed by atoms with Crippen molar-refractivity contribution < 1.29 is 19.1 Å². The Morgan fingerprint density at radius 2 is 1.71 bits per heavy atom. The molecule has 6 nitrogen and oxygen atoms in total. The minimum Gasteiger partial charge on any atom is -0.490 e. The SMILES string of the molecule is CCOc1cc(Br)c(CC(=O)Nc2cccc(C)c2C(=O)N2CCCC2)cc1OCC. The van der Waals surface area contributed by atoms with Gasteiger partial charge >= 0.3 is 0 Å². The number of benzene rings is 2. The van der Waals surface area contributed by atoms with E-state index in [1.165, 1.54) is 0 Å². The van der Waals surface area contributed by atoms with Crippen LogP contribution < -0.4 is 14.8 Å². The second-order valence-corrected chi connectivity index (χ2v) is 8.33. The first-order chi connectivity index (χ1) is 14.9. The van der Waals surface area contributed by atoms with Crippen LogP contribution in [0, 0.1) is 6.92 Å². The molecule has 166 valence electrons. The summed E-state index contributed by atoms with van der Waals surface area (Å²) in [7, 11) is 0. The number of halogens is 1. The van der Waals surface area contributed by atoms with Crippen LogP contribution in [0.5, 0.6) is 11.5 Å². The van der Waals surface area contributed by atoms with Crippen LogP contribution >= 0.6 is 15.9 Å². The van der Waals surface area contributed by atoms with E-state index in [0.29, 0.717) is 36.0 Å². The lowest BCUT2D eigenvalue weighted by Gasteiger charge is -2.20. The summed E-state index contributed by atoms with van der Waals surface area (Å²) in [4.78, 5) is 27.8. The minimum atomic E-state index is -0.201. The van der Waals surface area contributed by atoms with E-state index < -0.39 is 0 Å². The highest BCUT2D eigenvalue weighted by Gasteiger charge is 2.24. The van der Waals surface area contributed by atoms with E-state index in [2.05, 4.69) is 21.2 Å². The first-order valence-corrected chi connectivity index (χ1v) is 11.5. The van der Waals surface area contributed by atoms with Gasteiger partial charge in [0.2, 0.25) is 5.91 Å². The van der Waals surface area contributed by atoms with Gasteiger partial charge in [-0.15, -0.1) is 0 Å². The Morgan fingerprint density at radius 1 is 1.06 bits per heavy atom. The third-order valence-corrected chi connectivity index (χ3v) is 5.96. The van der Waals surface area contributed by atoms with Crippen molar-refractivity contribution >= 4 is 33.4 Å². The number of nitrogens with one attached hydrogen (secondary N) is 1. The molecule has 31 heavy (non-hydrogen) atoms. The predicted molar refractivity (Wildman–Crippen MR) is 125 cm³/mol. The van der Waals surface area contributed by atoms with Crippen molar-refractivity contribution in [3.8, 4) is 11.5 Å². The zero-order chi connectivity index (χ0) is 22.4. The molecule has 0 spiro atoms. The molecular formula is C24H29BrN2O4. The molecule has 0 aromatic heterocycles. The van der Waals surface area contributed by atoms with E-state index in [1.807, 2.05) is 49.9 Å². The number of carbonyl (C=O) groups excluding carboxylic acids is 2. The number of hydrogen-bond donors (Lipinski definition) is 1. The molecule has 0 unspecified atom stereocenters. The molecule has 1 aliphatic rings.